The van der Waals surface area contributed by atoms with Crippen LogP contribution in [0.5, 0.6) is 5.75 Å². The van der Waals surface area contributed by atoms with Crippen LogP contribution in [0.1, 0.15) is 30.6 Å². The molecule has 0 saturated carbocycles. The molecule has 0 radical (unpaired) electrons. The average molecular weight is 527 g/mol. The fourth-order valence-electron chi connectivity index (χ4n) is 4.00. The number of hydrogen-bond acceptors (Lipinski definition) is 7. The van der Waals surface area contributed by atoms with E-state index in [0.717, 1.165) is 28.0 Å². The number of H-pyrrole nitrogens is 1. The number of esters is 1. The number of nitrogens with one attached hydrogen (secondary N) is 2. The number of aromatic amines is 1. The molecule has 1 atom stereocenters. The number of nitrogens with zero attached hydrogens (tertiary/aromatic N) is 2. The van der Waals surface area contributed by atoms with E-state index in [1.165, 1.54) is 11.3 Å². The van der Waals surface area contributed by atoms with Gasteiger partial charge in [-0.2, -0.15) is 0 Å². The maximum Gasteiger partial charge on any atom is 0.339 e. The minimum absolute atomic E-state index is 0.307. The summed E-state index contributed by atoms with van der Waals surface area (Å²) < 4.78 is 11.1. The van der Waals surface area contributed by atoms with Crippen LogP contribution in [0.4, 0.5) is 5.13 Å². The smallest absolute Gasteiger partial charge is 0.339 e. The van der Waals surface area contributed by atoms with Crippen molar-refractivity contribution in [2.75, 3.05) is 11.9 Å². The molecule has 1 amide bonds. The molecule has 38 heavy (non-hydrogen) atoms. The predicted molar refractivity (Wildman–Crippen MR) is 148 cm³/mol. The number of thiazole rings is 1. The largest absolute Gasteiger partial charge is 0.494 e. The molecule has 0 saturated heterocycles. The minimum atomic E-state index is -0.982. The molecule has 2 N–H and O–H groups in total. The molecule has 8 nitrogen and oxygen atoms in total. The molecule has 3 aromatic carbocycles. The Morgan fingerprint density at radius 3 is 2.50 bits per heavy atom. The standard InChI is InChI=1S/C29H26N4O4S/c1-3-25(27(34)33-29-32-24(17-38-29)18-13-15-19(16-14-18)36-4-2)37-28(35)21-10-6-5-9-20(21)26-30-22-11-7-8-12-23(22)31-26/h5-17,25H,3-4H2,1-2H3,(H,30,31)(H,32,33,34). The summed E-state index contributed by atoms with van der Waals surface area (Å²) in [5, 5.41) is 5.07. The van der Waals surface area contributed by atoms with Crippen molar-refractivity contribution in [3.63, 3.8) is 0 Å². The van der Waals surface area contributed by atoms with Crippen LogP contribution in [-0.4, -0.2) is 39.5 Å². The topological polar surface area (TPSA) is 106 Å². The minimum Gasteiger partial charge on any atom is -0.494 e. The number of hydrogen-bond donors (Lipinski definition) is 2. The van der Waals surface area contributed by atoms with E-state index in [1.54, 1.807) is 25.1 Å². The summed E-state index contributed by atoms with van der Waals surface area (Å²) in [6.45, 7) is 4.32. The van der Waals surface area contributed by atoms with Crippen LogP contribution in [0.15, 0.2) is 78.2 Å². The number of rotatable bonds is 9. The van der Waals surface area contributed by atoms with Crippen molar-refractivity contribution in [1.29, 1.82) is 0 Å². The van der Waals surface area contributed by atoms with Gasteiger partial charge in [0.1, 0.15) is 11.6 Å². The van der Waals surface area contributed by atoms with Gasteiger partial charge in [0.2, 0.25) is 0 Å². The Hall–Kier alpha value is -4.50. The highest BCUT2D eigenvalue weighted by molar-refractivity contribution is 7.14. The van der Waals surface area contributed by atoms with E-state index in [9.17, 15) is 9.59 Å². The van der Waals surface area contributed by atoms with Crippen LogP contribution in [0.3, 0.4) is 0 Å². The second-order valence-corrected chi connectivity index (χ2v) is 9.29. The predicted octanol–water partition coefficient (Wildman–Crippen LogP) is 6.33. The SMILES string of the molecule is CCOc1ccc(-c2csc(NC(=O)C(CC)OC(=O)c3ccccc3-c3nc4ccccc4[nH]3)n2)cc1. The lowest BCUT2D eigenvalue weighted by Gasteiger charge is -2.16. The fourth-order valence-corrected chi connectivity index (χ4v) is 4.72. The summed E-state index contributed by atoms with van der Waals surface area (Å²) in [7, 11) is 0. The van der Waals surface area contributed by atoms with Crippen LogP contribution >= 0.6 is 11.3 Å². The third-order valence-electron chi connectivity index (χ3n) is 5.90. The number of amides is 1. The Labute approximate surface area is 223 Å². The van der Waals surface area contributed by atoms with Gasteiger partial charge >= 0.3 is 5.97 Å². The van der Waals surface area contributed by atoms with Crippen LogP contribution in [-0.2, 0) is 9.53 Å². The number of fused-ring (bicyclic) bond motifs is 1. The van der Waals surface area contributed by atoms with Crippen molar-refractivity contribution in [3.05, 3.63) is 83.7 Å². The van der Waals surface area contributed by atoms with Crippen molar-refractivity contribution in [2.45, 2.75) is 26.4 Å². The molecule has 5 rings (SSSR count). The number of imidazole rings is 1. The molecule has 5 aromatic rings. The molecule has 192 valence electrons. The van der Waals surface area contributed by atoms with Crippen molar-refractivity contribution >= 4 is 39.4 Å². The number of para-hydroxylation sites is 2. The molecule has 2 heterocycles. The van der Waals surface area contributed by atoms with Gasteiger partial charge in [-0.3, -0.25) is 10.1 Å². The Kier molecular flexibility index (Phi) is 7.46. The summed E-state index contributed by atoms with van der Waals surface area (Å²) in [5.41, 5.74) is 4.23. The molecule has 9 heteroatoms. The number of benzene rings is 3. The normalized spacial score (nSPS) is 11.7. The summed E-state index contributed by atoms with van der Waals surface area (Å²) in [5.74, 6) is 0.308. The van der Waals surface area contributed by atoms with Gasteiger partial charge in [0, 0.05) is 16.5 Å². The van der Waals surface area contributed by atoms with Crippen LogP contribution in [0.2, 0.25) is 0 Å². The second-order valence-electron chi connectivity index (χ2n) is 8.43. The first-order chi connectivity index (χ1) is 18.6. The zero-order valence-electron chi connectivity index (χ0n) is 20.9. The quantitative estimate of drug-likeness (QED) is 0.218. The Bertz CT molecular complexity index is 1540. The number of aromatic nitrogens is 3. The molecule has 0 aliphatic carbocycles. The highest BCUT2D eigenvalue weighted by Gasteiger charge is 2.25. The average Bonchev–Trinajstić information content (AvgIpc) is 3.59. The van der Waals surface area contributed by atoms with Crippen molar-refractivity contribution in [2.24, 2.45) is 0 Å². The van der Waals surface area contributed by atoms with Gasteiger partial charge in [0.05, 0.1) is 28.9 Å². The van der Waals surface area contributed by atoms with Gasteiger partial charge in [-0.15, -0.1) is 11.3 Å². The van der Waals surface area contributed by atoms with Gasteiger partial charge < -0.3 is 14.5 Å². The van der Waals surface area contributed by atoms with Gasteiger partial charge in [-0.25, -0.2) is 14.8 Å². The molecular formula is C29H26N4O4S. The maximum atomic E-state index is 13.2. The number of anilines is 1. The summed E-state index contributed by atoms with van der Waals surface area (Å²) in [6, 6.07) is 22.3. The van der Waals surface area contributed by atoms with E-state index < -0.39 is 18.0 Å². The summed E-state index contributed by atoms with van der Waals surface area (Å²) in [4.78, 5) is 38.5. The van der Waals surface area contributed by atoms with E-state index >= 15 is 0 Å². The lowest BCUT2D eigenvalue weighted by atomic mass is 10.1. The summed E-state index contributed by atoms with van der Waals surface area (Å²) >= 11 is 1.30. The Morgan fingerprint density at radius 2 is 1.74 bits per heavy atom. The Morgan fingerprint density at radius 1 is 0.974 bits per heavy atom. The van der Waals surface area contributed by atoms with E-state index in [4.69, 9.17) is 9.47 Å². The molecule has 0 fully saturated rings. The maximum absolute atomic E-state index is 13.2. The highest BCUT2D eigenvalue weighted by atomic mass is 32.1. The first-order valence-corrected chi connectivity index (χ1v) is 13.2. The van der Waals surface area contributed by atoms with Crippen molar-refractivity contribution < 1.29 is 19.1 Å². The van der Waals surface area contributed by atoms with E-state index in [0.29, 0.717) is 35.1 Å². The molecule has 1 unspecified atom stereocenters. The van der Waals surface area contributed by atoms with Crippen LogP contribution < -0.4 is 10.1 Å². The van der Waals surface area contributed by atoms with E-state index in [-0.39, 0.29) is 0 Å². The van der Waals surface area contributed by atoms with Crippen molar-refractivity contribution in [3.8, 4) is 28.4 Å². The fraction of sp³-hybridized carbons (Fsp3) is 0.172. The van der Waals surface area contributed by atoms with Gasteiger partial charge in [0.25, 0.3) is 5.91 Å². The van der Waals surface area contributed by atoms with Crippen LogP contribution in [0, 0.1) is 0 Å². The third kappa shape index (κ3) is 5.42. The molecular weight excluding hydrogens is 500 g/mol. The molecule has 0 spiro atoms. The molecule has 0 aliphatic rings. The summed E-state index contributed by atoms with van der Waals surface area (Å²) in [6.07, 6.45) is -0.675. The van der Waals surface area contributed by atoms with Gasteiger partial charge in [-0.05, 0) is 55.8 Å². The molecule has 0 bridgehead atoms. The van der Waals surface area contributed by atoms with E-state index in [2.05, 4.69) is 20.3 Å². The number of carbonyl (C=O) groups is 2. The van der Waals surface area contributed by atoms with E-state index in [1.807, 2.05) is 66.9 Å². The molecule has 2 aromatic heterocycles. The first-order valence-electron chi connectivity index (χ1n) is 12.3. The lowest BCUT2D eigenvalue weighted by molar-refractivity contribution is -0.124. The first kappa shape index (κ1) is 25.2. The van der Waals surface area contributed by atoms with Crippen LogP contribution in [0.25, 0.3) is 33.7 Å². The number of ether oxygens (including phenoxy) is 2. The zero-order valence-corrected chi connectivity index (χ0v) is 21.7. The van der Waals surface area contributed by atoms with Gasteiger partial charge in [0.15, 0.2) is 11.2 Å². The van der Waals surface area contributed by atoms with Crippen molar-refractivity contribution in [1.82, 2.24) is 15.0 Å². The zero-order chi connectivity index (χ0) is 26.5. The lowest BCUT2D eigenvalue weighted by Crippen LogP contribution is -2.32. The highest BCUT2D eigenvalue weighted by Crippen LogP contribution is 2.28. The second kappa shape index (κ2) is 11.3. The van der Waals surface area contributed by atoms with Gasteiger partial charge in [-0.1, -0.05) is 37.3 Å². The molecule has 0 aliphatic heterocycles. The number of carbonyl (C=O) groups excluding carboxylic acids is 2. The monoisotopic (exact) mass is 526 g/mol. The Balaban J connectivity index is 1.28. The third-order valence-corrected chi connectivity index (χ3v) is 6.66.